The molecule has 1 saturated heterocycles. The second-order valence-corrected chi connectivity index (χ2v) is 4.82. The van der Waals surface area contributed by atoms with E-state index in [-0.39, 0.29) is 18.0 Å². The second kappa shape index (κ2) is 5.31. The molecule has 0 radical (unpaired) electrons. The van der Waals surface area contributed by atoms with Crippen molar-refractivity contribution in [3.63, 3.8) is 0 Å². The van der Waals surface area contributed by atoms with Crippen molar-refractivity contribution in [2.24, 2.45) is 11.8 Å². The summed E-state index contributed by atoms with van der Waals surface area (Å²) < 4.78 is 18.9. The van der Waals surface area contributed by atoms with Gasteiger partial charge in [-0.25, -0.2) is 4.39 Å². The Hall–Kier alpha value is -0.680. The quantitative estimate of drug-likeness (QED) is 0.647. The van der Waals surface area contributed by atoms with Crippen LogP contribution in [0.25, 0.3) is 0 Å². The van der Waals surface area contributed by atoms with Gasteiger partial charge in [-0.3, -0.25) is 11.3 Å². The topological polar surface area (TPSA) is 47.3 Å². The molecule has 0 aromatic heterocycles. The van der Waals surface area contributed by atoms with E-state index < -0.39 is 0 Å². The molecule has 94 valence electrons. The summed E-state index contributed by atoms with van der Waals surface area (Å²) in [6.45, 7) is 2.80. The van der Waals surface area contributed by atoms with Gasteiger partial charge in [0.2, 0.25) is 0 Å². The van der Waals surface area contributed by atoms with Gasteiger partial charge >= 0.3 is 0 Å². The molecule has 17 heavy (non-hydrogen) atoms. The molecule has 3 unspecified atom stereocenters. The Morgan fingerprint density at radius 3 is 2.94 bits per heavy atom. The van der Waals surface area contributed by atoms with Crippen LogP contribution < -0.4 is 11.3 Å². The first-order chi connectivity index (χ1) is 8.13. The van der Waals surface area contributed by atoms with E-state index in [2.05, 4.69) is 12.3 Å². The molecule has 0 aliphatic carbocycles. The maximum atomic E-state index is 13.3. The minimum atomic E-state index is -0.324. The van der Waals surface area contributed by atoms with Gasteiger partial charge in [0.25, 0.3) is 0 Å². The highest BCUT2D eigenvalue weighted by atomic mass is 35.5. The zero-order chi connectivity index (χ0) is 12.4. The molecular weight excluding hydrogens is 243 g/mol. The SMILES string of the molecule is CC1CCOC1C(NN)c1cc(F)ccc1Cl. The first-order valence-corrected chi connectivity index (χ1v) is 6.04. The smallest absolute Gasteiger partial charge is 0.123 e. The van der Waals surface area contributed by atoms with Crippen LogP contribution in [-0.2, 0) is 4.74 Å². The third-order valence-corrected chi connectivity index (χ3v) is 3.59. The van der Waals surface area contributed by atoms with Crippen LogP contribution >= 0.6 is 11.6 Å². The van der Waals surface area contributed by atoms with Crippen LogP contribution in [0.2, 0.25) is 5.02 Å². The highest BCUT2D eigenvalue weighted by molar-refractivity contribution is 6.31. The van der Waals surface area contributed by atoms with Crippen molar-refractivity contribution in [3.05, 3.63) is 34.6 Å². The highest BCUT2D eigenvalue weighted by Crippen LogP contribution is 2.34. The van der Waals surface area contributed by atoms with Gasteiger partial charge in [-0.05, 0) is 36.1 Å². The second-order valence-electron chi connectivity index (χ2n) is 4.41. The third kappa shape index (κ3) is 2.60. The predicted octanol–water partition coefficient (Wildman–Crippen LogP) is 2.41. The Balaban J connectivity index is 2.31. The van der Waals surface area contributed by atoms with E-state index in [1.54, 1.807) is 0 Å². The monoisotopic (exact) mass is 258 g/mol. The number of rotatable bonds is 3. The van der Waals surface area contributed by atoms with Gasteiger partial charge in [0.15, 0.2) is 0 Å². The zero-order valence-electron chi connectivity index (χ0n) is 9.62. The van der Waals surface area contributed by atoms with Crippen molar-refractivity contribution >= 4 is 11.6 Å². The Labute approximate surface area is 105 Å². The lowest BCUT2D eigenvalue weighted by atomic mass is 9.93. The molecule has 0 spiro atoms. The van der Waals surface area contributed by atoms with Crippen LogP contribution in [0.1, 0.15) is 24.9 Å². The van der Waals surface area contributed by atoms with Crippen LogP contribution in [0.15, 0.2) is 18.2 Å². The maximum Gasteiger partial charge on any atom is 0.123 e. The van der Waals surface area contributed by atoms with Crippen LogP contribution in [0.5, 0.6) is 0 Å². The van der Waals surface area contributed by atoms with E-state index in [1.807, 2.05) is 0 Å². The van der Waals surface area contributed by atoms with E-state index in [0.29, 0.717) is 23.1 Å². The first kappa shape index (κ1) is 12.8. The molecule has 1 fully saturated rings. The van der Waals surface area contributed by atoms with Crippen molar-refractivity contribution < 1.29 is 9.13 Å². The number of benzene rings is 1. The Bertz CT molecular complexity index is 402. The molecule has 2 rings (SSSR count). The average Bonchev–Trinajstić information content (AvgIpc) is 2.71. The van der Waals surface area contributed by atoms with Crippen LogP contribution in [0.4, 0.5) is 4.39 Å². The van der Waals surface area contributed by atoms with Crippen LogP contribution in [-0.4, -0.2) is 12.7 Å². The molecule has 1 aliphatic rings. The number of hydrogen-bond donors (Lipinski definition) is 2. The Morgan fingerprint density at radius 2 is 2.35 bits per heavy atom. The van der Waals surface area contributed by atoms with Gasteiger partial charge in [0.05, 0.1) is 12.1 Å². The van der Waals surface area contributed by atoms with Crippen molar-refractivity contribution in [2.75, 3.05) is 6.61 Å². The lowest BCUT2D eigenvalue weighted by Gasteiger charge is -2.26. The fourth-order valence-corrected chi connectivity index (χ4v) is 2.49. The van der Waals surface area contributed by atoms with Gasteiger partial charge < -0.3 is 4.74 Å². The number of halogens is 2. The standard InChI is InChI=1S/C12H16ClFN2O/c1-7-4-5-17-12(7)11(16-15)9-6-8(14)2-3-10(9)13/h2-3,6-7,11-12,16H,4-5,15H2,1H3. The summed E-state index contributed by atoms with van der Waals surface area (Å²) in [6.07, 6.45) is 0.912. The number of hydrazine groups is 1. The summed E-state index contributed by atoms with van der Waals surface area (Å²) in [6, 6.07) is 3.99. The summed E-state index contributed by atoms with van der Waals surface area (Å²) in [5, 5.41) is 0.497. The molecule has 1 aromatic carbocycles. The van der Waals surface area contributed by atoms with E-state index >= 15 is 0 Å². The number of hydrogen-bond acceptors (Lipinski definition) is 3. The Morgan fingerprint density at radius 1 is 1.59 bits per heavy atom. The maximum absolute atomic E-state index is 13.3. The van der Waals surface area contributed by atoms with Crippen molar-refractivity contribution in [3.8, 4) is 0 Å². The molecule has 0 bridgehead atoms. The molecule has 1 aliphatic heterocycles. The van der Waals surface area contributed by atoms with E-state index in [0.717, 1.165) is 6.42 Å². The van der Waals surface area contributed by atoms with Gasteiger partial charge in [0.1, 0.15) is 5.82 Å². The molecule has 0 saturated carbocycles. The first-order valence-electron chi connectivity index (χ1n) is 5.66. The summed E-state index contributed by atoms with van der Waals surface area (Å²) in [5.41, 5.74) is 3.33. The fourth-order valence-electron chi connectivity index (χ4n) is 2.26. The minimum Gasteiger partial charge on any atom is -0.376 e. The summed E-state index contributed by atoms with van der Waals surface area (Å²) in [5.74, 6) is 5.60. The highest BCUT2D eigenvalue weighted by Gasteiger charge is 2.33. The third-order valence-electron chi connectivity index (χ3n) is 3.25. The summed E-state index contributed by atoms with van der Waals surface area (Å²) in [7, 11) is 0. The molecule has 0 amide bonds. The normalized spacial score (nSPS) is 26.1. The predicted molar refractivity (Wildman–Crippen MR) is 65.0 cm³/mol. The fraction of sp³-hybridized carbons (Fsp3) is 0.500. The van der Waals surface area contributed by atoms with Crippen LogP contribution in [0.3, 0.4) is 0 Å². The number of ether oxygens (including phenoxy) is 1. The molecule has 1 heterocycles. The average molecular weight is 259 g/mol. The van der Waals surface area contributed by atoms with Crippen LogP contribution in [0, 0.1) is 11.7 Å². The molecule has 3 atom stereocenters. The van der Waals surface area contributed by atoms with E-state index in [9.17, 15) is 4.39 Å². The number of nitrogens with two attached hydrogens (primary N) is 1. The molecule has 3 N–H and O–H groups in total. The molecular formula is C12H16ClFN2O. The van der Waals surface area contributed by atoms with Crippen molar-refractivity contribution in [2.45, 2.75) is 25.5 Å². The summed E-state index contributed by atoms with van der Waals surface area (Å²) >= 11 is 6.08. The number of nitrogens with one attached hydrogen (secondary N) is 1. The lowest BCUT2D eigenvalue weighted by Crippen LogP contribution is -2.39. The molecule has 1 aromatic rings. The van der Waals surface area contributed by atoms with Crippen molar-refractivity contribution in [1.82, 2.24) is 5.43 Å². The van der Waals surface area contributed by atoms with Gasteiger partial charge in [-0.1, -0.05) is 18.5 Å². The van der Waals surface area contributed by atoms with E-state index in [4.69, 9.17) is 22.2 Å². The van der Waals surface area contributed by atoms with E-state index in [1.165, 1.54) is 18.2 Å². The Kier molecular flexibility index (Phi) is 3.99. The van der Waals surface area contributed by atoms with Gasteiger partial charge in [0, 0.05) is 11.6 Å². The molecule has 3 nitrogen and oxygen atoms in total. The zero-order valence-corrected chi connectivity index (χ0v) is 10.4. The largest absolute Gasteiger partial charge is 0.376 e. The van der Waals surface area contributed by atoms with Crippen molar-refractivity contribution in [1.29, 1.82) is 0 Å². The van der Waals surface area contributed by atoms with Gasteiger partial charge in [-0.2, -0.15) is 0 Å². The summed E-state index contributed by atoms with van der Waals surface area (Å²) in [4.78, 5) is 0. The minimum absolute atomic E-state index is 0.0701. The van der Waals surface area contributed by atoms with Gasteiger partial charge in [-0.15, -0.1) is 0 Å². The lowest BCUT2D eigenvalue weighted by molar-refractivity contribution is 0.0607. The molecule has 5 heteroatoms.